The molecular weight excluding hydrogens is 388 g/mol. The molecule has 0 aliphatic rings. The highest BCUT2D eigenvalue weighted by Gasteiger charge is 2.19. The molecule has 1 aromatic heterocycles. The number of amides is 1. The Morgan fingerprint density at radius 2 is 1.86 bits per heavy atom. The zero-order chi connectivity index (χ0) is 21.1. The number of hydrogen-bond donors (Lipinski definition) is 2. The zero-order valence-corrected chi connectivity index (χ0v) is 17.7. The Morgan fingerprint density at radius 1 is 1.17 bits per heavy atom. The third kappa shape index (κ3) is 4.72. The highest BCUT2D eigenvalue weighted by Crippen LogP contribution is 2.31. The van der Waals surface area contributed by atoms with Crippen molar-refractivity contribution in [3.05, 3.63) is 76.6 Å². The van der Waals surface area contributed by atoms with Crippen molar-refractivity contribution in [1.82, 2.24) is 15.1 Å². The molecule has 0 bridgehead atoms. The van der Waals surface area contributed by atoms with E-state index in [0.717, 1.165) is 22.4 Å². The highest BCUT2D eigenvalue weighted by molar-refractivity contribution is 7.81. The molecule has 3 aromatic rings. The van der Waals surface area contributed by atoms with Gasteiger partial charge in [0.1, 0.15) is 0 Å². The lowest BCUT2D eigenvalue weighted by molar-refractivity contribution is 0.0951. The quantitative estimate of drug-likeness (QED) is 0.606. The third-order valence-electron chi connectivity index (χ3n) is 4.67. The van der Waals surface area contributed by atoms with Crippen molar-refractivity contribution in [3.63, 3.8) is 0 Å². The summed E-state index contributed by atoms with van der Waals surface area (Å²) < 4.78 is 25.0. The number of carbonyl (C=O) groups excluding carboxylic acids is 1. The normalized spacial score (nSPS) is 11.9. The molecule has 1 heterocycles. The summed E-state index contributed by atoms with van der Waals surface area (Å²) in [6.45, 7) is 6.03. The first kappa shape index (κ1) is 20.8. The molecule has 1 atom stereocenters. The van der Waals surface area contributed by atoms with Crippen LogP contribution in [0.25, 0.3) is 0 Å². The minimum absolute atomic E-state index is 0.262. The molecule has 2 aromatic carbocycles. The second-order valence-electron chi connectivity index (χ2n) is 6.96. The SMILES string of the molecule is Cc1ccc(N(c2cc(C(=O)NCc3cn(C)nc3C)ccc2C)S(=O)O)cc1. The van der Waals surface area contributed by atoms with Crippen molar-refractivity contribution < 1.29 is 13.6 Å². The van der Waals surface area contributed by atoms with E-state index >= 15 is 0 Å². The fourth-order valence-electron chi connectivity index (χ4n) is 3.06. The van der Waals surface area contributed by atoms with Crippen LogP contribution in [0.5, 0.6) is 0 Å². The van der Waals surface area contributed by atoms with Gasteiger partial charge in [-0.1, -0.05) is 23.8 Å². The second kappa shape index (κ2) is 8.59. The molecule has 2 N–H and O–H groups in total. The molecule has 0 fully saturated rings. The Labute approximate surface area is 172 Å². The van der Waals surface area contributed by atoms with Gasteiger partial charge in [0.2, 0.25) is 0 Å². The number of hydrogen-bond acceptors (Lipinski definition) is 3. The van der Waals surface area contributed by atoms with Crippen LogP contribution in [0.15, 0.2) is 48.7 Å². The Balaban J connectivity index is 1.87. The summed E-state index contributed by atoms with van der Waals surface area (Å²) in [6.07, 6.45) is 1.87. The van der Waals surface area contributed by atoms with Gasteiger partial charge in [0.15, 0.2) is 0 Å². The van der Waals surface area contributed by atoms with Gasteiger partial charge in [0.05, 0.1) is 17.1 Å². The largest absolute Gasteiger partial charge is 0.348 e. The summed E-state index contributed by atoms with van der Waals surface area (Å²) in [5, 5.41) is 7.15. The van der Waals surface area contributed by atoms with E-state index in [1.807, 2.05) is 46.1 Å². The molecule has 29 heavy (non-hydrogen) atoms. The fourth-order valence-corrected chi connectivity index (χ4v) is 3.73. The minimum Gasteiger partial charge on any atom is -0.348 e. The topological polar surface area (TPSA) is 87.5 Å². The zero-order valence-electron chi connectivity index (χ0n) is 16.8. The summed E-state index contributed by atoms with van der Waals surface area (Å²) in [7, 11) is 1.83. The molecule has 8 heteroatoms. The lowest BCUT2D eigenvalue weighted by Crippen LogP contribution is -2.24. The Bertz CT molecular complexity index is 1060. The average molecular weight is 413 g/mol. The van der Waals surface area contributed by atoms with Crippen LogP contribution in [-0.4, -0.2) is 24.4 Å². The lowest BCUT2D eigenvalue weighted by atomic mass is 10.1. The van der Waals surface area contributed by atoms with E-state index in [2.05, 4.69) is 10.4 Å². The molecule has 1 amide bonds. The molecule has 3 rings (SSSR count). The third-order valence-corrected chi connectivity index (χ3v) is 5.39. The van der Waals surface area contributed by atoms with Gasteiger partial charge < -0.3 is 5.32 Å². The first-order chi connectivity index (χ1) is 13.8. The monoisotopic (exact) mass is 412 g/mol. The van der Waals surface area contributed by atoms with Crippen LogP contribution >= 0.6 is 0 Å². The number of aryl methyl sites for hydroxylation is 4. The van der Waals surface area contributed by atoms with Crippen LogP contribution in [0, 0.1) is 20.8 Å². The molecule has 0 aliphatic heterocycles. The van der Waals surface area contributed by atoms with E-state index in [1.54, 1.807) is 35.0 Å². The van der Waals surface area contributed by atoms with E-state index in [-0.39, 0.29) is 5.91 Å². The number of nitrogens with zero attached hydrogens (tertiary/aromatic N) is 3. The van der Waals surface area contributed by atoms with Crippen LogP contribution in [0.4, 0.5) is 11.4 Å². The van der Waals surface area contributed by atoms with E-state index in [1.165, 1.54) is 4.31 Å². The molecule has 0 radical (unpaired) electrons. The molecule has 1 unspecified atom stereocenters. The Hall–Kier alpha value is -2.97. The molecule has 0 saturated carbocycles. The van der Waals surface area contributed by atoms with Gasteiger partial charge >= 0.3 is 0 Å². The van der Waals surface area contributed by atoms with E-state index in [9.17, 15) is 13.6 Å². The van der Waals surface area contributed by atoms with Crippen molar-refractivity contribution >= 4 is 28.5 Å². The van der Waals surface area contributed by atoms with Crippen LogP contribution in [0.3, 0.4) is 0 Å². The van der Waals surface area contributed by atoms with E-state index in [0.29, 0.717) is 23.5 Å². The molecule has 152 valence electrons. The van der Waals surface area contributed by atoms with E-state index in [4.69, 9.17) is 0 Å². The first-order valence-corrected chi connectivity index (χ1v) is 10.2. The summed E-state index contributed by atoms with van der Waals surface area (Å²) in [4.78, 5) is 12.7. The Morgan fingerprint density at radius 3 is 2.45 bits per heavy atom. The van der Waals surface area contributed by atoms with Gasteiger partial charge in [-0.25, -0.2) is 8.51 Å². The Kier molecular flexibility index (Phi) is 6.14. The average Bonchev–Trinajstić information content (AvgIpc) is 3.00. The van der Waals surface area contributed by atoms with Gasteiger partial charge in [-0.15, -0.1) is 0 Å². The van der Waals surface area contributed by atoms with Crippen molar-refractivity contribution in [3.8, 4) is 0 Å². The van der Waals surface area contributed by atoms with Crippen LogP contribution in [0.1, 0.15) is 32.7 Å². The maximum Gasteiger partial charge on any atom is 0.266 e. The number of aromatic nitrogens is 2. The maximum absolute atomic E-state index is 12.7. The smallest absolute Gasteiger partial charge is 0.266 e. The maximum atomic E-state index is 12.7. The van der Waals surface area contributed by atoms with Crippen molar-refractivity contribution in [1.29, 1.82) is 0 Å². The molecule has 7 nitrogen and oxygen atoms in total. The van der Waals surface area contributed by atoms with Crippen LogP contribution in [0.2, 0.25) is 0 Å². The lowest BCUT2D eigenvalue weighted by Gasteiger charge is -2.23. The van der Waals surface area contributed by atoms with Crippen LogP contribution < -0.4 is 9.62 Å². The summed E-state index contributed by atoms with van der Waals surface area (Å²) in [5.41, 5.74) is 5.11. The van der Waals surface area contributed by atoms with Gasteiger partial charge in [-0.3, -0.25) is 14.0 Å². The highest BCUT2D eigenvalue weighted by atomic mass is 32.2. The molecule has 0 aliphatic carbocycles. The molecular formula is C21H24N4O3S. The molecule has 0 spiro atoms. The number of benzene rings is 2. The fraction of sp³-hybridized carbons (Fsp3) is 0.238. The van der Waals surface area contributed by atoms with Gasteiger partial charge in [-0.2, -0.15) is 5.10 Å². The van der Waals surface area contributed by atoms with Gasteiger partial charge in [0, 0.05) is 30.9 Å². The number of anilines is 2. The second-order valence-corrected chi connectivity index (χ2v) is 7.78. The summed E-state index contributed by atoms with van der Waals surface area (Å²) in [6, 6.07) is 12.4. The summed E-state index contributed by atoms with van der Waals surface area (Å²) in [5.74, 6) is -0.262. The van der Waals surface area contributed by atoms with Gasteiger partial charge in [0.25, 0.3) is 17.2 Å². The van der Waals surface area contributed by atoms with Crippen molar-refractivity contribution in [2.45, 2.75) is 27.3 Å². The van der Waals surface area contributed by atoms with Crippen molar-refractivity contribution in [2.75, 3.05) is 4.31 Å². The standard InChI is InChI=1S/C21H24N4O3S/c1-14-5-9-19(10-6-14)25(29(27)28)20-11-17(8-7-15(20)2)21(26)22-12-18-13-24(4)23-16(18)3/h5-11,13H,12H2,1-4H3,(H,22,26)(H,27,28). The number of carbonyl (C=O) groups is 1. The van der Waals surface area contributed by atoms with Crippen molar-refractivity contribution in [2.24, 2.45) is 7.05 Å². The predicted octanol–water partition coefficient (Wildman–Crippen LogP) is 3.55. The summed E-state index contributed by atoms with van der Waals surface area (Å²) >= 11 is -2.29. The predicted molar refractivity (Wildman–Crippen MR) is 114 cm³/mol. The molecule has 0 saturated heterocycles. The number of nitrogens with one attached hydrogen (secondary N) is 1. The first-order valence-electron chi connectivity index (χ1n) is 9.12. The van der Waals surface area contributed by atoms with Gasteiger partial charge in [-0.05, 0) is 50.6 Å². The van der Waals surface area contributed by atoms with E-state index < -0.39 is 11.3 Å². The minimum atomic E-state index is -2.29. The number of rotatable bonds is 6. The van der Waals surface area contributed by atoms with Crippen LogP contribution in [-0.2, 0) is 24.9 Å².